The summed E-state index contributed by atoms with van der Waals surface area (Å²) in [6.45, 7) is 7.80. The number of carbonyl (C=O) groups is 2. The Morgan fingerprint density at radius 1 is 1.30 bits per heavy atom. The second-order valence-electron chi connectivity index (χ2n) is 4.83. The molecule has 0 radical (unpaired) electrons. The van der Waals surface area contributed by atoms with Crippen molar-refractivity contribution in [3.8, 4) is 0 Å². The Labute approximate surface area is 121 Å². The van der Waals surface area contributed by atoms with Crippen LogP contribution in [0.3, 0.4) is 0 Å². The molecule has 0 aliphatic carbocycles. The van der Waals surface area contributed by atoms with Crippen molar-refractivity contribution in [2.24, 2.45) is 0 Å². The van der Waals surface area contributed by atoms with E-state index in [0.29, 0.717) is 32.2 Å². The topological polar surface area (TPSA) is 67.9 Å². The minimum Gasteiger partial charge on any atom is -0.465 e. The van der Waals surface area contributed by atoms with E-state index < -0.39 is 0 Å². The van der Waals surface area contributed by atoms with Crippen LogP contribution in [0.5, 0.6) is 0 Å². The number of carbonyl (C=O) groups excluding carboxylic acids is 2. The first-order valence-electron chi connectivity index (χ1n) is 7.17. The van der Waals surface area contributed by atoms with Crippen molar-refractivity contribution in [2.75, 3.05) is 40.0 Å². The van der Waals surface area contributed by atoms with Crippen LogP contribution in [0, 0.1) is 0 Å². The van der Waals surface area contributed by atoms with Crippen LogP contribution < -0.4 is 5.32 Å². The lowest BCUT2D eigenvalue weighted by molar-refractivity contribution is -0.149. The third-order valence-corrected chi connectivity index (χ3v) is 2.66. The van der Waals surface area contributed by atoms with Crippen LogP contribution in [0.1, 0.15) is 33.6 Å². The van der Waals surface area contributed by atoms with Gasteiger partial charge < -0.3 is 19.7 Å². The molecule has 0 atom stereocenters. The first kappa shape index (κ1) is 18.9. The first-order chi connectivity index (χ1) is 9.51. The zero-order valence-electron chi connectivity index (χ0n) is 13.1. The molecule has 0 bridgehead atoms. The van der Waals surface area contributed by atoms with E-state index in [4.69, 9.17) is 9.47 Å². The number of nitrogens with zero attached hydrogens (tertiary/aromatic N) is 1. The molecule has 0 aliphatic rings. The molecule has 118 valence electrons. The predicted octanol–water partition coefficient (Wildman–Crippen LogP) is 0.803. The SMILES string of the molecule is CCOC(=O)CN(CCOC)C(=O)CCCNC(C)C. The van der Waals surface area contributed by atoms with E-state index in [1.807, 2.05) is 0 Å². The molecule has 0 saturated heterocycles. The van der Waals surface area contributed by atoms with Gasteiger partial charge in [0.2, 0.25) is 5.91 Å². The van der Waals surface area contributed by atoms with Gasteiger partial charge in [0.15, 0.2) is 0 Å². The summed E-state index contributed by atoms with van der Waals surface area (Å²) in [6, 6.07) is 0.411. The quantitative estimate of drug-likeness (QED) is 0.450. The molecule has 0 rings (SSSR count). The maximum Gasteiger partial charge on any atom is 0.325 e. The number of hydrogen-bond donors (Lipinski definition) is 1. The van der Waals surface area contributed by atoms with E-state index in [0.717, 1.165) is 13.0 Å². The van der Waals surface area contributed by atoms with Crippen molar-refractivity contribution in [1.82, 2.24) is 10.2 Å². The lowest BCUT2D eigenvalue weighted by Gasteiger charge is -2.21. The van der Waals surface area contributed by atoms with E-state index in [1.165, 1.54) is 4.90 Å². The van der Waals surface area contributed by atoms with Gasteiger partial charge in [-0.2, -0.15) is 0 Å². The highest BCUT2D eigenvalue weighted by Gasteiger charge is 2.17. The summed E-state index contributed by atoms with van der Waals surface area (Å²) in [4.78, 5) is 25.0. The molecule has 20 heavy (non-hydrogen) atoms. The van der Waals surface area contributed by atoms with Crippen molar-refractivity contribution >= 4 is 11.9 Å². The van der Waals surface area contributed by atoms with E-state index in [9.17, 15) is 9.59 Å². The maximum absolute atomic E-state index is 12.1. The van der Waals surface area contributed by atoms with Crippen molar-refractivity contribution in [1.29, 1.82) is 0 Å². The molecule has 1 amide bonds. The molecule has 1 N–H and O–H groups in total. The summed E-state index contributed by atoms with van der Waals surface area (Å²) in [6.07, 6.45) is 1.17. The third-order valence-electron chi connectivity index (χ3n) is 2.66. The Morgan fingerprint density at radius 2 is 2.00 bits per heavy atom. The molecular formula is C14H28N2O4. The van der Waals surface area contributed by atoms with Crippen molar-refractivity contribution in [3.05, 3.63) is 0 Å². The normalized spacial score (nSPS) is 10.7. The summed E-state index contributed by atoms with van der Waals surface area (Å²) >= 11 is 0. The Kier molecular flexibility index (Phi) is 11.0. The highest BCUT2D eigenvalue weighted by atomic mass is 16.5. The third kappa shape index (κ3) is 9.75. The standard InChI is InChI=1S/C14H28N2O4/c1-5-20-14(18)11-16(9-10-19-4)13(17)7-6-8-15-12(2)3/h12,15H,5-11H2,1-4H3. The summed E-state index contributed by atoms with van der Waals surface area (Å²) < 4.78 is 9.84. The van der Waals surface area contributed by atoms with Crippen molar-refractivity contribution in [3.63, 3.8) is 0 Å². The van der Waals surface area contributed by atoms with Crippen LogP contribution in [-0.4, -0.2) is 62.8 Å². The Hall–Kier alpha value is -1.14. The summed E-state index contributed by atoms with van der Waals surface area (Å²) in [5.41, 5.74) is 0. The van der Waals surface area contributed by atoms with E-state index in [1.54, 1.807) is 14.0 Å². The van der Waals surface area contributed by atoms with Crippen molar-refractivity contribution in [2.45, 2.75) is 39.7 Å². The average molecular weight is 288 g/mol. The molecule has 0 aliphatic heterocycles. The van der Waals surface area contributed by atoms with Gasteiger partial charge in [-0.25, -0.2) is 0 Å². The van der Waals surface area contributed by atoms with Gasteiger partial charge in [-0.1, -0.05) is 13.8 Å². The van der Waals surface area contributed by atoms with Crippen LogP contribution in [0.2, 0.25) is 0 Å². The van der Waals surface area contributed by atoms with Crippen molar-refractivity contribution < 1.29 is 19.1 Å². The summed E-state index contributed by atoms with van der Waals surface area (Å²) in [5, 5.41) is 3.26. The van der Waals surface area contributed by atoms with Gasteiger partial charge in [0.1, 0.15) is 6.54 Å². The van der Waals surface area contributed by atoms with Crippen LogP contribution in [-0.2, 0) is 19.1 Å². The van der Waals surface area contributed by atoms with E-state index >= 15 is 0 Å². The van der Waals surface area contributed by atoms with Crippen LogP contribution in [0.25, 0.3) is 0 Å². The van der Waals surface area contributed by atoms with E-state index in [2.05, 4.69) is 19.2 Å². The second-order valence-corrected chi connectivity index (χ2v) is 4.83. The van der Waals surface area contributed by atoms with Gasteiger partial charge >= 0.3 is 5.97 Å². The minimum atomic E-state index is -0.378. The fraction of sp³-hybridized carbons (Fsp3) is 0.857. The largest absolute Gasteiger partial charge is 0.465 e. The Balaban J connectivity index is 4.15. The van der Waals surface area contributed by atoms with Gasteiger partial charge in [-0.15, -0.1) is 0 Å². The molecule has 0 spiro atoms. The predicted molar refractivity (Wildman–Crippen MR) is 77.5 cm³/mol. The first-order valence-corrected chi connectivity index (χ1v) is 7.17. The number of nitrogens with one attached hydrogen (secondary N) is 1. The van der Waals surface area contributed by atoms with Gasteiger partial charge in [0.25, 0.3) is 0 Å². The van der Waals surface area contributed by atoms with Gasteiger partial charge in [0, 0.05) is 26.1 Å². The number of ether oxygens (including phenoxy) is 2. The molecule has 0 aromatic rings. The van der Waals surface area contributed by atoms with Crippen LogP contribution in [0.4, 0.5) is 0 Å². The minimum absolute atomic E-state index is 0.00631. The average Bonchev–Trinajstić information content (AvgIpc) is 2.39. The highest BCUT2D eigenvalue weighted by molar-refractivity contribution is 5.82. The molecule has 6 nitrogen and oxygen atoms in total. The fourth-order valence-electron chi connectivity index (χ4n) is 1.64. The molecule has 0 aromatic heterocycles. The second kappa shape index (κ2) is 11.7. The summed E-state index contributed by atoms with van der Waals surface area (Å²) in [5.74, 6) is -0.419. The smallest absolute Gasteiger partial charge is 0.325 e. The molecule has 6 heteroatoms. The Morgan fingerprint density at radius 3 is 2.55 bits per heavy atom. The molecule has 0 unspecified atom stereocenters. The number of esters is 1. The molecule has 0 heterocycles. The maximum atomic E-state index is 12.1. The van der Waals surface area contributed by atoms with Gasteiger partial charge in [-0.3, -0.25) is 9.59 Å². The lowest BCUT2D eigenvalue weighted by Crippen LogP contribution is -2.39. The number of amides is 1. The monoisotopic (exact) mass is 288 g/mol. The van der Waals surface area contributed by atoms with Gasteiger partial charge in [0.05, 0.1) is 13.2 Å². The summed E-state index contributed by atoms with van der Waals surface area (Å²) in [7, 11) is 1.57. The molecular weight excluding hydrogens is 260 g/mol. The zero-order chi connectivity index (χ0) is 15.4. The van der Waals surface area contributed by atoms with Crippen LogP contribution in [0.15, 0.2) is 0 Å². The fourth-order valence-corrected chi connectivity index (χ4v) is 1.64. The van der Waals surface area contributed by atoms with E-state index in [-0.39, 0.29) is 18.4 Å². The molecule has 0 fully saturated rings. The molecule has 0 aromatic carbocycles. The van der Waals surface area contributed by atoms with Gasteiger partial charge in [-0.05, 0) is 19.9 Å². The number of rotatable bonds is 11. The zero-order valence-corrected chi connectivity index (χ0v) is 13.1. The number of methoxy groups -OCH3 is 1. The number of hydrogen-bond acceptors (Lipinski definition) is 5. The van der Waals surface area contributed by atoms with Crippen LogP contribution >= 0.6 is 0 Å². The lowest BCUT2D eigenvalue weighted by atomic mass is 10.2. The molecule has 0 saturated carbocycles. The Bertz CT molecular complexity index is 282. The highest BCUT2D eigenvalue weighted by Crippen LogP contribution is 1.99.